The van der Waals surface area contributed by atoms with Crippen LogP contribution in [0.5, 0.6) is 5.75 Å². The summed E-state index contributed by atoms with van der Waals surface area (Å²) in [6, 6.07) is 5.02. The number of carbonyl (C=O) groups is 2. The van der Waals surface area contributed by atoms with E-state index in [-0.39, 0.29) is 11.8 Å². The van der Waals surface area contributed by atoms with Gasteiger partial charge in [0.25, 0.3) is 0 Å². The lowest BCUT2D eigenvalue weighted by molar-refractivity contribution is -0.142. The monoisotopic (exact) mass is 352 g/mol. The Bertz CT molecular complexity index is 608. The van der Waals surface area contributed by atoms with E-state index in [0.29, 0.717) is 42.4 Å². The van der Waals surface area contributed by atoms with E-state index in [1.165, 1.54) is 7.11 Å². The number of nitrogens with one attached hydrogen (secondary N) is 1. The fourth-order valence-electron chi connectivity index (χ4n) is 2.84. The van der Waals surface area contributed by atoms with Crippen molar-refractivity contribution < 1.29 is 14.3 Å². The summed E-state index contributed by atoms with van der Waals surface area (Å²) in [7, 11) is 1.53. The standard InChI is InChI=1S/C18H25ClN2O3/c1-4-10-21(11-5-2)17(23)18(8-9-18)16(22)20-14-12-13(19)6-7-15(14)24-3/h6-7,12H,4-5,8-11H2,1-3H3,(H,20,22). The van der Waals surface area contributed by atoms with Gasteiger partial charge in [-0.1, -0.05) is 25.4 Å². The van der Waals surface area contributed by atoms with E-state index in [1.807, 2.05) is 18.7 Å². The summed E-state index contributed by atoms with van der Waals surface area (Å²) in [5.41, 5.74) is -0.441. The Balaban J connectivity index is 2.16. The quantitative estimate of drug-likeness (QED) is 0.725. The highest BCUT2D eigenvalue weighted by molar-refractivity contribution is 6.31. The minimum absolute atomic E-state index is 0.0651. The fourth-order valence-corrected chi connectivity index (χ4v) is 3.01. The van der Waals surface area contributed by atoms with Crippen molar-refractivity contribution in [3.05, 3.63) is 23.2 Å². The molecule has 5 nitrogen and oxygen atoms in total. The maximum Gasteiger partial charge on any atom is 0.240 e. The molecule has 0 bridgehead atoms. The van der Waals surface area contributed by atoms with Crippen molar-refractivity contribution >= 4 is 29.1 Å². The third-order valence-corrected chi connectivity index (χ3v) is 4.51. The molecule has 0 spiro atoms. The summed E-state index contributed by atoms with van der Waals surface area (Å²) in [6.45, 7) is 5.43. The predicted molar refractivity (Wildman–Crippen MR) is 95.5 cm³/mol. The van der Waals surface area contributed by atoms with Gasteiger partial charge in [-0.3, -0.25) is 9.59 Å². The molecule has 132 valence electrons. The number of hydrogen-bond donors (Lipinski definition) is 1. The van der Waals surface area contributed by atoms with Gasteiger partial charge in [-0.2, -0.15) is 0 Å². The Hall–Kier alpha value is -1.75. The van der Waals surface area contributed by atoms with Crippen molar-refractivity contribution in [2.75, 3.05) is 25.5 Å². The molecule has 1 aliphatic rings. The summed E-state index contributed by atoms with van der Waals surface area (Å²) in [4.78, 5) is 27.4. The van der Waals surface area contributed by atoms with E-state index in [9.17, 15) is 9.59 Å². The van der Waals surface area contributed by atoms with Gasteiger partial charge in [-0.25, -0.2) is 0 Å². The molecule has 0 radical (unpaired) electrons. The minimum Gasteiger partial charge on any atom is -0.495 e. The highest BCUT2D eigenvalue weighted by atomic mass is 35.5. The molecule has 24 heavy (non-hydrogen) atoms. The van der Waals surface area contributed by atoms with Crippen molar-refractivity contribution in [3.8, 4) is 5.75 Å². The van der Waals surface area contributed by atoms with E-state index in [0.717, 1.165) is 12.8 Å². The molecule has 1 aromatic carbocycles. The number of nitrogens with zero attached hydrogens (tertiary/aromatic N) is 1. The lowest BCUT2D eigenvalue weighted by atomic mass is 10.0. The molecule has 0 saturated heterocycles. The van der Waals surface area contributed by atoms with Gasteiger partial charge in [0, 0.05) is 18.1 Å². The van der Waals surface area contributed by atoms with Gasteiger partial charge in [0.2, 0.25) is 11.8 Å². The fraction of sp³-hybridized carbons (Fsp3) is 0.556. The topological polar surface area (TPSA) is 58.6 Å². The first kappa shape index (κ1) is 18.6. The Labute approximate surface area is 148 Å². The third kappa shape index (κ3) is 3.83. The lowest BCUT2D eigenvalue weighted by Gasteiger charge is -2.26. The van der Waals surface area contributed by atoms with Gasteiger partial charge in [-0.05, 0) is 43.9 Å². The molecule has 2 rings (SSSR count). The summed E-state index contributed by atoms with van der Waals surface area (Å²) < 4.78 is 5.25. The van der Waals surface area contributed by atoms with Crippen LogP contribution in [0, 0.1) is 5.41 Å². The van der Waals surface area contributed by atoms with Gasteiger partial charge in [0.1, 0.15) is 11.2 Å². The van der Waals surface area contributed by atoms with Crippen LogP contribution in [0.2, 0.25) is 5.02 Å². The minimum atomic E-state index is -0.933. The van der Waals surface area contributed by atoms with Crippen LogP contribution in [0.25, 0.3) is 0 Å². The summed E-state index contributed by atoms with van der Waals surface area (Å²) in [5.74, 6) is 0.185. The van der Waals surface area contributed by atoms with E-state index < -0.39 is 5.41 Å². The zero-order valence-electron chi connectivity index (χ0n) is 14.5. The second kappa shape index (κ2) is 7.88. The van der Waals surface area contributed by atoms with E-state index in [2.05, 4.69) is 5.32 Å². The molecule has 1 N–H and O–H groups in total. The predicted octanol–water partition coefficient (Wildman–Crippen LogP) is 3.72. The lowest BCUT2D eigenvalue weighted by Crippen LogP contribution is -2.43. The number of benzene rings is 1. The second-order valence-corrected chi connectivity index (χ2v) is 6.61. The molecule has 1 aliphatic carbocycles. The van der Waals surface area contributed by atoms with Crippen molar-refractivity contribution in [2.45, 2.75) is 39.5 Å². The molecule has 6 heteroatoms. The Kier molecular flexibility index (Phi) is 6.10. The van der Waals surface area contributed by atoms with Crippen LogP contribution in [-0.2, 0) is 9.59 Å². The molecule has 0 heterocycles. The van der Waals surface area contributed by atoms with Crippen molar-refractivity contribution in [3.63, 3.8) is 0 Å². The maximum atomic E-state index is 12.9. The van der Waals surface area contributed by atoms with Gasteiger partial charge in [-0.15, -0.1) is 0 Å². The molecule has 2 amide bonds. The smallest absolute Gasteiger partial charge is 0.240 e. The summed E-state index contributed by atoms with van der Waals surface area (Å²) in [5, 5.41) is 3.33. The van der Waals surface area contributed by atoms with Crippen molar-refractivity contribution in [2.24, 2.45) is 5.41 Å². The average Bonchev–Trinajstić information content (AvgIpc) is 3.36. The zero-order valence-corrected chi connectivity index (χ0v) is 15.3. The Morgan fingerprint density at radius 2 is 1.88 bits per heavy atom. The van der Waals surface area contributed by atoms with Crippen molar-refractivity contribution in [1.82, 2.24) is 4.90 Å². The summed E-state index contributed by atoms with van der Waals surface area (Å²) in [6.07, 6.45) is 2.94. The number of anilines is 1. The third-order valence-electron chi connectivity index (χ3n) is 4.28. The first-order valence-electron chi connectivity index (χ1n) is 8.43. The van der Waals surface area contributed by atoms with Gasteiger partial charge in [0.05, 0.1) is 12.8 Å². The number of hydrogen-bond acceptors (Lipinski definition) is 3. The van der Waals surface area contributed by atoms with Crippen LogP contribution >= 0.6 is 11.6 Å². The van der Waals surface area contributed by atoms with Crippen molar-refractivity contribution in [1.29, 1.82) is 0 Å². The normalized spacial score (nSPS) is 14.8. The number of ether oxygens (including phenoxy) is 1. The highest BCUT2D eigenvalue weighted by Gasteiger charge is 2.57. The molecular formula is C18H25ClN2O3. The number of halogens is 1. The molecular weight excluding hydrogens is 328 g/mol. The van der Waals surface area contributed by atoms with Gasteiger partial charge in [0.15, 0.2) is 0 Å². The number of carbonyl (C=O) groups excluding carboxylic acids is 2. The van der Waals surface area contributed by atoms with Crippen LogP contribution in [-0.4, -0.2) is 36.9 Å². The molecule has 1 aromatic rings. The largest absolute Gasteiger partial charge is 0.495 e. The average molecular weight is 353 g/mol. The maximum absolute atomic E-state index is 12.9. The van der Waals surface area contributed by atoms with Gasteiger partial charge >= 0.3 is 0 Å². The number of amides is 2. The zero-order chi connectivity index (χ0) is 17.7. The van der Waals surface area contributed by atoms with Crippen LogP contribution in [0.1, 0.15) is 39.5 Å². The van der Waals surface area contributed by atoms with Crippen LogP contribution in [0.15, 0.2) is 18.2 Å². The Morgan fingerprint density at radius 3 is 2.38 bits per heavy atom. The van der Waals surface area contributed by atoms with Crippen LogP contribution in [0.3, 0.4) is 0 Å². The van der Waals surface area contributed by atoms with Gasteiger partial charge < -0.3 is 15.0 Å². The van der Waals surface area contributed by atoms with E-state index in [1.54, 1.807) is 18.2 Å². The summed E-state index contributed by atoms with van der Waals surface area (Å²) >= 11 is 6.00. The van der Waals surface area contributed by atoms with Crippen LogP contribution < -0.4 is 10.1 Å². The first-order valence-corrected chi connectivity index (χ1v) is 8.80. The second-order valence-electron chi connectivity index (χ2n) is 6.17. The molecule has 0 atom stereocenters. The first-order chi connectivity index (χ1) is 11.5. The molecule has 1 saturated carbocycles. The number of rotatable bonds is 8. The number of methoxy groups -OCH3 is 1. The van der Waals surface area contributed by atoms with E-state index in [4.69, 9.17) is 16.3 Å². The molecule has 0 unspecified atom stereocenters. The molecule has 0 aromatic heterocycles. The molecule has 1 fully saturated rings. The SMILES string of the molecule is CCCN(CCC)C(=O)C1(C(=O)Nc2cc(Cl)ccc2OC)CC1. The van der Waals surface area contributed by atoms with E-state index >= 15 is 0 Å². The van der Waals surface area contributed by atoms with Crippen LogP contribution in [0.4, 0.5) is 5.69 Å². The highest BCUT2D eigenvalue weighted by Crippen LogP contribution is 2.48. The Morgan fingerprint density at radius 1 is 1.25 bits per heavy atom. The molecule has 0 aliphatic heterocycles.